The molecular formula is C18H22N2O5S. The molecule has 0 atom stereocenters. The number of ether oxygens (including phenoxy) is 1. The second-order valence-corrected chi connectivity index (χ2v) is 7.77. The third-order valence-corrected chi connectivity index (χ3v) is 5.27. The van der Waals surface area contributed by atoms with E-state index in [-0.39, 0.29) is 10.6 Å². The summed E-state index contributed by atoms with van der Waals surface area (Å²) in [7, 11) is -0.847. The topological polar surface area (TPSA) is 88.8 Å². The minimum Gasteiger partial charge on any atom is -0.492 e. The summed E-state index contributed by atoms with van der Waals surface area (Å²) >= 11 is 0. The number of sulfonamides is 1. The molecule has 0 unspecified atom stereocenters. The van der Waals surface area contributed by atoms with Gasteiger partial charge in [0.05, 0.1) is 6.61 Å². The molecule has 140 valence electrons. The largest absolute Gasteiger partial charge is 0.492 e. The molecule has 8 heteroatoms. The van der Waals surface area contributed by atoms with Gasteiger partial charge in [-0.3, -0.25) is 4.79 Å². The van der Waals surface area contributed by atoms with E-state index in [0.717, 1.165) is 10.1 Å². The van der Waals surface area contributed by atoms with Gasteiger partial charge in [-0.2, -0.15) is 0 Å². The lowest BCUT2D eigenvalue weighted by atomic mass is 10.3. The minimum atomic E-state index is -3.72. The Labute approximate surface area is 153 Å². The summed E-state index contributed by atoms with van der Waals surface area (Å²) in [5, 5.41) is 2.63. The number of furan rings is 1. The van der Waals surface area contributed by atoms with Crippen molar-refractivity contribution in [3.05, 3.63) is 47.9 Å². The lowest BCUT2D eigenvalue weighted by molar-refractivity contribution is -0.111. The molecule has 0 radical (unpaired) electrons. The maximum absolute atomic E-state index is 12.5. The zero-order chi connectivity index (χ0) is 19.3. The number of carbonyl (C=O) groups is 1. The van der Waals surface area contributed by atoms with Crippen LogP contribution in [0.2, 0.25) is 0 Å². The van der Waals surface area contributed by atoms with E-state index in [1.165, 1.54) is 38.4 Å². The Morgan fingerprint density at radius 3 is 2.58 bits per heavy atom. The minimum absolute atomic E-state index is 0.00668. The fourth-order valence-corrected chi connectivity index (χ4v) is 3.19. The molecule has 2 rings (SSSR count). The normalized spacial score (nSPS) is 11.9. The lowest BCUT2D eigenvalue weighted by Crippen LogP contribution is -2.23. The average Bonchev–Trinajstić information content (AvgIpc) is 3.00. The summed E-state index contributed by atoms with van der Waals surface area (Å²) in [6, 6.07) is 8.03. The van der Waals surface area contributed by atoms with E-state index in [4.69, 9.17) is 9.15 Å². The highest BCUT2D eigenvalue weighted by Gasteiger charge is 2.23. The van der Waals surface area contributed by atoms with Crippen molar-refractivity contribution in [1.29, 1.82) is 0 Å². The van der Waals surface area contributed by atoms with Crippen molar-refractivity contribution in [2.45, 2.75) is 18.7 Å². The van der Waals surface area contributed by atoms with Gasteiger partial charge in [-0.25, -0.2) is 12.7 Å². The number of hydrogen-bond acceptors (Lipinski definition) is 5. The van der Waals surface area contributed by atoms with E-state index in [0.29, 0.717) is 18.1 Å². The second-order valence-electron chi connectivity index (χ2n) is 5.65. The molecule has 1 aromatic heterocycles. The van der Waals surface area contributed by atoms with Gasteiger partial charge in [-0.15, -0.1) is 0 Å². The Balaban J connectivity index is 2.24. The summed E-state index contributed by atoms with van der Waals surface area (Å²) < 4.78 is 36.8. The number of nitrogens with one attached hydrogen (secondary N) is 1. The Kier molecular flexibility index (Phi) is 6.23. The molecule has 26 heavy (non-hydrogen) atoms. The van der Waals surface area contributed by atoms with Crippen molar-refractivity contribution in [2.75, 3.05) is 26.0 Å². The number of benzene rings is 1. The molecule has 0 aliphatic heterocycles. The molecule has 1 heterocycles. The van der Waals surface area contributed by atoms with Crippen molar-refractivity contribution in [1.82, 2.24) is 4.31 Å². The number of anilines is 1. The summed E-state index contributed by atoms with van der Waals surface area (Å²) in [5.41, 5.74) is 0.346. The smallest absolute Gasteiger partial charge is 0.248 e. The third kappa shape index (κ3) is 4.74. The third-order valence-electron chi connectivity index (χ3n) is 3.43. The molecule has 0 saturated heterocycles. The number of aryl methyl sites for hydroxylation is 1. The van der Waals surface area contributed by atoms with E-state index in [9.17, 15) is 13.2 Å². The molecule has 0 aliphatic carbocycles. The van der Waals surface area contributed by atoms with Gasteiger partial charge in [0, 0.05) is 25.9 Å². The first-order valence-electron chi connectivity index (χ1n) is 7.99. The van der Waals surface area contributed by atoms with E-state index in [1.807, 2.05) is 6.92 Å². The molecule has 0 aliphatic rings. The van der Waals surface area contributed by atoms with Gasteiger partial charge in [0.2, 0.25) is 15.9 Å². The summed E-state index contributed by atoms with van der Waals surface area (Å²) in [6.07, 6.45) is 2.85. The standard InChI is InChI=1S/C18H22N2O5S/c1-5-24-16-10-7-14(12-17(16)26(22,23)20(3)4)19-18(21)11-9-15-8-6-13(2)25-15/h6-12H,5H2,1-4H3,(H,19,21)/b11-9+. The molecule has 0 fully saturated rings. The summed E-state index contributed by atoms with van der Waals surface area (Å²) in [4.78, 5) is 12.1. The van der Waals surface area contributed by atoms with Crippen molar-refractivity contribution >= 4 is 27.7 Å². The average molecular weight is 378 g/mol. The molecule has 7 nitrogen and oxygen atoms in total. The van der Waals surface area contributed by atoms with Crippen LogP contribution in [-0.2, 0) is 14.8 Å². The Hall–Kier alpha value is -2.58. The van der Waals surface area contributed by atoms with Gasteiger partial charge in [0.1, 0.15) is 22.2 Å². The Bertz CT molecular complexity index is 913. The molecule has 2 aromatic rings. The predicted molar refractivity (Wildman–Crippen MR) is 99.6 cm³/mol. The molecule has 1 aromatic carbocycles. The van der Waals surface area contributed by atoms with Gasteiger partial charge >= 0.3 is 0 Å². The van der Waals surface area contributed by atoms with Crippen LogP contribution in [0.1, 0.15) is 18.4 Å². The van der Waals surface area contributed by atoms with Gasteiger partial charge in [0.15, 0.2) is 0 Å². The van der Waals surface area contributed by atoms with E-state index in [1.54, 1.807) is 25.1 Å². The fraction of sp³-hybridized carbons (Fsp3) is 0.278. The first-order valence-corrected chi connectivity index (χ1v) is 9.43. The van der Waals surface area contributed by atoms with Crippen LogP contribution in [0.15, 0.2) is 45.7 Å². The van der Waals surface area contributed by atoms with Gasteiger partial charge < -0.3 is 14.5 Å². The van der Waals surface area contributed by atoms with Crippen molar-refractivity contribution in [3.63, 3.8) is 0 Å². The number of amides is 1. The van der Waals surface area contributed by atoms with E-state index < -0.39 is 15.9 Å². The Morgan fingerprint density at radius 1 is 1.27 bits per heavy atom. The van der Waals surface area contributed by atoms with Crippen molar-refractivity contribution < 1.29 is 22.4 Å². The molecular weight excluding hydrogens is 356 g/mol. The predicted octanol–water partition coefficient (Wildman–Crippen LogP) is 2.89. The number of nitrogens with zero attached hydrogens (tertiary/aromatic N) is 1. The van der Waals surface area contributed by atoms with E-state index >= 15 is 0 Å². The monoisotopic (exact) mass is 378 g/mol. The van der Waals surface area contributed by atoms with Crippen molar-refractivity contribution in [3.8, 4) is 5.75 Å². The van der Waals surface area contributed by atoms with Gasteiger partial charge in [-0.05, 0) is 50.3 Å². The molecule has 1 amide bonds. The maximum Gasteiger partial charge on any atom is 0.248 e. The van der Waals surface area contributed by atoms with Crippen molar-refractivity contribution in [2.24, 2.45) is 0 Å². The molecule has 0 saturated carbocycles. The van der Waals surface area contributed by atoms with Crippen LogP contribution >= 0.6 is 0 Å². The number of hydrogen-bond donors (Lipinski definition) is 1. The summed E-state index contributed by atoms with van der Waals surface area (Å²) in [5.74, 6) is 1.13. The number of rotatable bonds is 7. The molecule has 0 bridgehead atoms. The highest BCUT2D eigenvalue weighted by Crippen LogP contribution is 2.29. The van der Waals surface area contributed by atoms with Crippen LogP contribution in [-0.4, -0.2) is 39.3 Å². The van der Waals surface area contributed by atoms with Crippen LogP contribution in [0.3, 0.4) is 0 Å². The zero-order valence-electron chi connectivity index (χ0n) is 15.1. The zero-order valence-corrected chi connectivity index (χ0v) is 16.0. The SMILES string of the molecule is CCOc1ccc(NC(=O)/C=C/c2ccc(C)o2)cc1S(=O)(=O)N(C)C. The maximum atomic E-state index is 12.5. The first kappa shape index (κ1) is 19.7. The lowest BCUT2D eigenvalue weighted by Gasteiger charge is -2.16. The quantitative estimate of drug-likeness (QED) is 0.749. The van der Waals surface area contributed by atoms with Gasteiger partial charge in [0.25, 0.3) is 0 Å². The fourth-order valence-electron chi connectivity index (χ4n) is 2.14. The molecule has 0 spiro atoms. The van der Waals surface area contributed by atoms with Crippen LogP contribution in [0.25, 0.3) is 6.08 Å². The van der Waals surface area contributed by atoms with Crippen LogP contribution < -0.4 is 10.1 Å². The van der Waals surface area contributed by atoms with Crippen LogP contribution in [0, 0.1) is 6.92 Å². The highest BCUT2D eigenvalue weighted by molar-refractivity contribution is 7.89. The van der Waals surface area contributed by atoms with Crippen LogP contribution in [0.5, 0.6) is 5.75 Å². The number of carbonyl (C=O) groups excluding carboxylic acids is 1. The second kappa shape index (κ2) is 8.20. The molecule has 1 N–H and O–H groups in total. The highest BCUT2D eigenvalue weighted by atomic mass is 32.2. The van der Waals surface area contributed by atoms with Gasteiger partial charge in [-0.1, -0.05) is 0 Å². The van der Waals surface area contributed by atoms with E-state index in [2.05, 4.69) is 5.32 Å². The first-order chi connectivity index (χ1) is 12.2. The van der Waals surface area contributed by atoms with Crippen LogP contribution in [0.4, 0.5) is 5.69 Å². The summed E-state index contributed by atoms with van der Waals surface area (Å²) in [6.45, 7) is 3.90. The Morgan fingerprint density at radius 2 is 2.00 bits per heavy atom.